The first-order chi connectivity index (χ1) is 10.0. The van der Waals surface area contributed by atoms with E-state index in [2.05, 4.69) is 21.2 Å². The minimum atomic E-state index is -0.492. The summed E-state index contributed by atoms with van der Waals surface area (Å²) in [4.78, 5) is 10.6. The zero-order valence-corrected chi connectivity index (χ0v) is 12.8. The summed E-state index contributed by atoms with van der Waals surface area (Å²) in [7, 11) is 0. The zero-order chi connectivity index (χ0) is 15.4. The molecule has 0 heterocycles. The monoisotopic (exact) mass is 345 g/mol. The molecule has 0 fully saturated rings. The number of hydrogen-bond donors (Lipinski definition) is 1. The topological polar surface area (TPSA) is 79.0 Å². The van der Waals surface area contributed by atoms with Gasteiger partial charge in [0.05, 0.1) is 16.6 Å². The Hall–Kier alpha value is -2.39. The van der Waals surface area contributed by atoms with E-state index in [0.29, 0.717) is 12.2 Å². The maximum absolute atomic E-state index is 11.0. The predicted octanol–water partition coefficient (Wildman–Crippen LogP) is 4.15. The molecule has 0 aliphatic rings. The molecule has 0 spiro atoms. The molecule has 1 N–H and O–H groups in total. The Bertz CT molecular complexity index is 738. The quantitative estimate of drug-likeness (QED) is 0.666. The first-order valence-electron chi connectivity index (χ1n) is 6.18. The van der Waals surface area contributed by atoms with Crippen LogP contribution in [0.2, 0.25) is 0 Å². The third-order valence-corrected chi connectivity index (χ3v) is 3.90. The van der Waals surface area contributed by atoms with Gasteiger partial charge in [0.15, 0.2) is 0 Å². The van der Waals surface area contributed by atoms with Crippen molar-refractivity contribution in [2.45, 2.75) is 13.5 Å². The molecule has 106 valence electrons. The van der Waals surface area contributed by atoms with E-state index in [0.717, 1.165) is 15.6 Å². The van der Waals surface area contributed by atoms with Crippen LogP contribution in [0.5, 0.6) is 0 Å². The summed E-state index contributed by atoms with van der Waals surface area (Å²) in [6.07, 6.45) is 0. The van der Waals surface area contributed by atoms with Crippen LogP contribution in [0.3, 0.4) is 0 Å². The number of hydrogen-bond acceptors (Lipinski definition) is 4. The van der Waals surface area contributed by atoms with Crippen LogP contribution in [0.15, 0.2) is 40.9 Å². The molecule has 0 radical (unpaired) electrons. The van der Waals surface area contributed by atoms with Gasteiger partial charge in [0.25, 0.3) is 5.69 Å². The predicted molar refractivity (Wildman–Crippen MR) is 84.0 cm³/mol. The van der Waals surface area contributed by atoms with E-state index in [4.69, 9.17) is 5.26 Å². The van der Waals surface area contributed by atoms with Gasteiger partial charge in [-0.05, 0) is 36.2 Å². The first-order valence-corrected chi connectivity index (χ1v) is 6.98. The number of halogens is 1. The lowest BCUT2D eigenvalue weighted by Gasteiger charge is -2.08. The van der Waals surface area contributed by atoms with Crippen molar-refractivity contribution in [1.82, 2.24) is 0 Å². The van der Waals surface area contributed by atoms with Crippen LogP contribution < -0.4 is 5.32 Å². The van der Waals surface area contributed by atoms with Crippen LogP contribution in [0, 0.1) is 28.4 Å². The van der Waals surface area contributed by atoms with Gasteiger partial charge < -0.3 is 5.32 Å². The fourth-order valence-electron chi connectivity index (χ4n) is 1.85. The first kappa shape index (κ1) is 15.0. The SMILES string of the molecule is Cc1ccc(CNc2ccc(C#N)cc2[N+](=O)[O-])cc1Br. The molecule has 0 amide bonds. The summed E-state index contributed by atoms with van der Waals surface area (Å²) in [5.41, 5.74) is 2.70. The molecule has 0 aromatic heterocycles. The lowest BCUT2D eigenvalue weighted by Crippen LogP contribution is -2.03. The molecule has 2 aromatic carbocycles. The van der Waals surface area contributed by atoms with Crippen molar-refractivity contribution in [2.24, 2.45) is 0 Å². The van der Waals surface area contributed by atoms with E-state index < -0.39 is 4.92 Å². The van der Waals surface area contributed by atoms with E-state index >= 15 is 0 Å². The average Bonchev–Trinajstić information content (AvgIpc) is 2.48. The number of nitriles is 1. The van der Waals surface area contributed by atoms with E-state index in [1.165, 1.54) is 6.07 Å². The highest BCUT2D eigenvalue weighted by molar-refractivity contribution is 9.10. The van der Waals surface area contributed by atoms with Crippen molar-refractivity contribution in [3.63, 3.8) is 0 Å². The van der Waals surface area contributed by atoms with Crippen LogP contribution in [-0.4, -0.2) is 4.92 Å². The Kier molecular flexibility index (Phi) is 4.55. The highest BCUT2D eigenvalue weighted by Gasteiger charge is 2.14. The molecule has 2 aromatic rings. The van der Waals surface area contributed by atoms with Crippen molar-refractivity contribution in [2.75, 3.05) is 5.32 Å². The molecule has 21 heavy (non-hydrogen) atoms. The van der Waals surface area contributed by atoms with Crippen molar-refractivity contribution in [3.8, 4) is 6.07 Å². The average molecular weight is 346 g/mol. The number of aryl methyl sites for hydroxylation is 1. The van der Waals surface area contributed by atoms with Gasteiger partial charge in [-0.3, -0.25) is 10.1 Å². The van der Waals surface area contributed by atoms with E-state index in [9.17, 15) is 10.1 Å². The van der Waals surface area contributed by atoms with Crippen LogP contribution >= 0.6 is 15.9 Å². The Morgan fingerprint density at radius 1 is 1.33 bits per heavy atom. The summed E-state index contributed by atoms with van der Waals surface area (Å²) in [6.45, 7) is 2.46. The molecule has 0 atom stereocenters. The van der Waals surface area contributed by atoms with E-state index in [1.54, 1.807) is 12.1 Å². The fourth-order valence-corrected chi connectivity index (χ4v) is 2.27. The highest BCUT2D eigenvalue weighted by atomic mass is 79.9. The smallest absolute Gasteiger partial charge is 0.293 e. The molecule has 2 rings (SSSR count). The fraction of sp³-hybridized carbons (Fsp3) is 0.133. The second-order valence-electron chi connectivity index (χ2n) is 4.54. The van der Waals surface area contributed by atoms with Crippen molar-refractivity contribution >= 4 is 27.3 Å². The van der Waals surface area contributed by atoms with Crippen molar-refractivity contribution in [1.29, 1.82) is 5.26 Å². The summed E-state index contributed by atoms with van der Waals surface area (Å²) >= 11 is 3.46. The van der Waals surface area contributed by atoms with E-state index in [-0.39, 0.29) is 11.3 Å². The molecule has 0 saturated heterocycles. The highest BCUT2D eigenvalue weighted by Crippen LogP contribution is 2.26. The van der Waals surface area contributed by atoms with Crippen molar-refractivity contribution in [3.05, 3.63) is 67.7 Å². The van der Waals surface area contributed by atoms with E-state index in [1.807, 2.05) is 31.2 Å². The number of nitro groups is 1. The lowest BCUT2D eigenvalue weighted by molar-refractivity contribution is -0.384. The summed E-state index contributed by atoms with van der Waals surface area (Å²) in [6, 6.07) is 12.2. The molecule has 0 aliphatic carbocycles. The molecule has 0 unspecified atom stereocenters. The number of benzene rings is 2. The Morgan fingerprint density at radius 3 is 2.71 bits per heavy atom. The van der Waals surface area contributed by atoms with Gasteiger partial charge in [-0.15, -0.1) is 0 Å². The minimum Gasteiger partial charge on any atom is -0.375 e. The van der Waals surface area contributed by atoms with Gasteiger partial charge in [0, 0.05) is 17.1 Å². The van der Waals surface area contributed by atoms with Gasteiger partial charge >= 0.3 is 0 Å². The third-order valence-electron chi connectivity index (χ3n) is 3.04. The summed E-state index contributed by atoms with van der Waals surface area (Å²) < 4.78 is 0.996. The number of nitrogens with one attached hydrogen (secondary N) is 1. The Labute approximate surface area is 130 Å². The third kappa shape index (κ3) is 3.58. The van der Waals surface area contributed by atoms with Gasteiger partial charge in [-0.2, -0.15) is 5.26 Å². The largest absolute Gasteiger partial charge is 0.375 e. The summed E-state index contributed by atoms with van der Waals surface area (Å²) in [5.74, 6) is 0. The van der Waals surface area contributed by atoms with Crippen LogP contribution in [0.25, 0.3) is 0 Å². The normalized spacial score (nSPS) is 9.95. The molecule has 0 aliphatic heterocycles. The lowest BCUT2D eigenvalue weighted by atomic mass is 10.1. The Morgan fingerprint density at radius 2 is 2.10 bits per heavy atom. The van der Waals surface area contributed by atoms with Gasteiger partial charge in [-0.1, -0.05) is 28.1 Å². The van der Waals surface area contributed by atoms with Gasteiger partial charge in [-0.25, -0.2) is 0 Å². The minimum absolute atomic E-state index is 0.0970. The standard InChI is InChI=1S/C15H12BrN3O2/c1-10-2-3-12(6-13(10)16)9-18-14-5-4-11(8-17)7-15(14)19(20)21/h2-7,18H,9H2,1H3. The van der Waals surface area contributed by atoms with Gasteiger partial charge in [0.1, 0.15) is 5.69 Å². The maximum atomic E-state index is 11.0. The molecular weight excluding hydrogens is 334 g/mol. The number of anilines is 1. The number of nitro benzene ring substituents is 1. The van der Waals surface area contributed by atoms with Crippen LogP contribution in [0.1, 0.15) is 16.7 Å². The molecule has 5 nitrogen and oxygen atoms in total. The second-order valence-corrected chi connectivity index (χ2v) is 5.39. The number of rotatable bonds is 4. The molecule has 0 bridgehead atoms. The van der Waals surface area contributed by atoms with Crippen LogP contribution in [-0.2, 0) is 6.54 Å². The maximum Gasteiger partial charge on any atom is 0.293 e. The molecule has 6 heteroatoms. The Balaban J connectivity index is 2.21. The number of nitrogens with zero attached hydrogens (tertiary/aromatic N) is 2. The molecular formula is C15H12BrN3O2. The second kappa shape index (κ2) is 6.37. The summed E-state index contributed by atoms with van der Waals surface area (Å²) in [5, 5.41) is 22.9. The van der Waals surface area contributed by atoms with Crippen molar-refractivity contribution < 1.29 is 4.92 Å². The van der Waals surface area contributed by atoms with Crippen LogP contribution in [0.4, 0.5) is 11.4 Å². The van der Waals surface area contributed by atoms with Gasteiger partial charge in [0.2, 0.25) is 0 Å². The molecule has 0 saturated carbocycles. The zero-order valence-electron chi connectivity index (χ0n) is 11.3.